The SMILES string of the molecule is O=C(C[C@@H](Cc1ccccc1)C(=O)N[C@@H](CC1CCC1)B(O)O)c1ccc2nc(-c3ccccc3)[nH]c2c1. The van der Waals surface area contributed by atoms with E-state index in [1.165, 1.54) is 0 Å². The van der Waals surface area contributed by atoms with Crippen molar-refractivity contribution in [3.05, 3.63) is 90.0 Å². The van der Waals surface area contributed by atoms with Gasteiger partial charge in [-0.3, -0.25) is 9.59 Å². The van der Waals surface area contributed by atoms with Crippen molar-refractivity contribution in [2.45, 2.75) is 44.5 Å². The first-order valence-corrected chi connectivity index (χ1v) is 13.2. The first kappa shape index (κ1) is 25.9. The second kappa shape index (κ2) is 11.8. The molecule has 0 aliphatic heterocycles. The average Bonchev–Trinajstić information content (AvgIpc) is 3.34. The maximum atomic E-state index is 13.4. The third-order valence-corrected chi connectivity index (χ3v) is 7.48. The third kappa shape index (κ3) is 6.21. The maximum Gasteiger partial charge on any atom is 0.475 e. The lowest BCUT2D eigenvalue weighted by Crippen LogP contribution is -2.50. The molecule has 2 atom stereocenters. The predicted octanol–water partition coefficient (Wildman–Crippen LogP) is 4.35. The zero-order valence-electron chi connectivity index (χ0n) is 21.2. The number of imidazole rings is 1. The molecule has 1 saturated carbocycles. The van der Waals surface area contributed by atoms with Crippen molar-refractivity contribution in [1.82, 2.24) is 15.3 Å². The number of hydrogen-bond acceptors (Lipinski definition) is 5. The van der Waals surface area contributed by atoms with Gasteiger partial charge in [-0.25, -0.2) is 4.98 Å². The number of nitrogens with one attached hydrogen (secondary N) is 2. The molecule has 0 spiro atoms. The number of amides is 1. The quantitative estimate of drug-likeness (QED) is 0.177. The van der Waals surface area contributed by atoms with Gasteiger partial charge in [-0.15, -0.1) is 0 Å². The molecule has 1 fully saturated rings. The smallest absolute Gasteiger partial charge is 0.426 e. The monoisotopic (exact) mass is 509 g/mol. The topological polar surface area (TPSA) is 115 Å². The van der Waals surface area contributed by atoms with Gasteiger partial charge in [-0.1, -0.05) is 79.9 Å². The highest BCUT2D eigenvalue weighted by Crippen LogP contribution is 2.31. The van der Waals surface area contributed by atoms with Crippen LogP contribution in [0.25, 0.3) is 22.4 Å². The van der Waals surface area contributed by atoms with E-state index in [0.29, 0.717) is 24.3 Å². The number of nitrogens with zero attached hydrogens (tertiary/aromatic N) is 1. The minimum absolute atomic E-state index is 0.00356. The molecule has 4 aromatic rings. The molecule has 0 saturated heterocycles. The molecule has 1 aliphatic carbocycles. The number of benzene rings is 3. The first-order chi connectivity index (χ1) is 18.5. The first-order valence-electron chi connectivity index (χ1n) is 13.2. The number of carbonyl (C=O) groups is 2. The standard InChI is InChI=1S/C30H32BN3O4/c35-27(23-14-15-25-26(18-23)33-29(32-25)22-12-5-2-6-13-22)19-24(16-20-8-3-1-4-9-20)30(36)34-28(31(37)38)17-21-10-7-11-21/h1-6,8-9,12-15,18,21,24,28,37-38H,7,10-11,16-17,19H2,(H,32,33)(H,34,36)/t24-,28+/m1/s1. The minimum Gasteiger partial charge on any atom is -0.426 e. The van der Waals surface area contributed by atoms with Crippen LogP contribution in [0.3, 0.4) is 0 Å². The third-order valence-electron chi connectivity index (χ3n) is 7.48. The second-order valence-corrected chi connectivity index (χ2v) is 10.3. The van der Waals surface area contributed by atoms with Gasteiger partial charge in [0.15, 0.2) is 5.78 Å². The molecule has 1 aromatic heterocycles. The van der Waals surface area contributed by atoms with Crippen LogP contribution in [0.15, 0.2) is 78.9 Å². The zero-order chi connectivity index (χ0) is 26.5. The van der Waals surface area contributed by atoms with E-state index >= 15 is 0 Å². The molecule has 1 aliphatic rings. The minimum atomic E-state index is -1.64. The number of carbonyl (C=O) groups excluding carboxylic acids is 2. The Morgan fingerprint density at radius 1 is 1.00 bits per heavy atom. The van der Waals surface area contributed by atoms with Crippen LogP contribution in [-0.2, 0) is 11.2 Å². The molecule has 38 heavy (non-hydrogen) atoms. The van der Waals surface area contributed by atoms with E-state index in [9.17, 15) is 19.6 Å². The van der Waals surface area contributed by atoms with E-state index in [1.807, 2.05) is 66.7 Å². The Bertz CT molecular complexity index is 1390. The maximum absolute atomic E-state index is 13.4. The van der Waals surface area contributed by atoms with Gasteiger partial charge in [0.05, 0.1) is 17.0 Å². The van der Waals surface area contributed by atoms with Crippen molar-refractivity contribution in [3.8, 4) is 11.4 Å². The largest absolute Gasteiger partial charge is 0.475 e. The van der Waals surface area contributed by atoms with Crippen molar-refractivity contribution in [2.24, 2.45) is 11.8 Å². The lowest BCUT2D eigenvalue weighted by Gasteiger charge is -2.30. The van der Waals surface area contributed by atoms with Crippen molar-refractivity contribution >= 4 is 29.8 Å². The second-order valence-electron chi connectivity index (χ2n) is 10.3. The summed E-state index contributed by atoms with van der Waals surface area (Å²) < 4.78 is 0. The van der Waals surface area contributed by atoms with Gasteiger partial charge in [0.1, 0.15) is 5.82 Å². The summed E-state index contributed by atoms with van der Waals surface area (Å²) in [5, 5.41) is 22.7. The summed E-state index contributed by atoms with van der Waals surface area (Å²) in [6.45, 7) is 0. The Hall–Kier alpha value is -3.75. The average molecular weight is 509 g/mol. The van der Waals surface area contributed by atoms with E-state index in [1.54, 1.807) is 12.1 Å². The number of rotatable bonds is 11. The van der Waals surface area contributed by atoms with Gasteiger partial charge in [-0.05, 0) is 42.5 Å². The van der Waals surface area contributed by atoms with E-state index < -0.39 is 19.0 Å². The summed E-state index contributed by atoms with van der Waals surface area (Å²) in [7, 11) is -1.64. The van der Waals surface area contributed by atoms with Crippen LogP contribution in [0, 0.1) is 11.8 Å². The summed E-state index contributed by atoms with van der Waals surface area (Å²) in [6.07, 6.45) is 4.10. The summed E-state index contributed by atoms with van der Waals surface area (Å²) in [4.78, 5) is 34.7. The fourth-order valence-corrected chi connectivity index (χ4v) is 5.06. The number of fused-ring (bicyclic) bond motifs is 1. The van der Waals surface area contributed by atoms with Crippen LogP contribution in [-0.4, -0.2) is 44.8 Å². The molecule has 5 rings (SSSR count). The van der Waals surface area contributed by atoms with Crippen LogP contribution in [0.4, 0.5) is 0 Å². The van der Waals surface area contributed by atoms with Gasteiger partial charge in [0, 0.05) is 23.5 Å². The Morgan fingerprint density at radius 2 is 1.71 bits per heavy atom. The van der Waals surface area contributed by atoms with Gasteiger partial charge < -0.3 is 20.3 Å². The van der Waals surface area contributed by atoms with Gasteiger partial charge in [0.2, 0.25) is 5.91 Å². The Morgan fingerprint density at radius 3 is 2.37 bits per heavy atom. The predicted molar refractivity (Wildman–Crippen MR) is 148 cm³/mol. The number of aromatic nitrogens is 2. The molecule has 0 unspecified atom stereocenters. The van der Waals surface area contributed by atoms with Crippen LogP contribution >= 0.6 is 0 Å². The normalized spacial score (nSPS) is 15.0. The van der Waals surface area contributed by atoms with Crippen LogP contribution in [0.1, 0.15) is 48.0 Å². The molecule has 0 radical (unpaired) electrons. The van der Waals surface area contributed by atoms with Crippen molar-refractivity contribution in [3.63, 3.8) is 0 Å². The Balaban J connectivity index is 1.34. The zero-order valence-corrected chi connectivity index (χ0v) is 21.2. The van der Waals surface area contributed by atoms with Gasteiger partial charge in [-0.2, -0.15) is 0 Å². The van der Waals surface area contributed by atoms with E-state index in [0.717, 1.165) is 47.2 Å². The van der Waals surface area contributed by atoms with Crippen LogP contribution in [0.5, 0.6) is 0 Å². The summed E-state index contributed by atoms with van der Waals surface area (Å²) in [5.74, 6) is -0.777. The lowest BCUT2D eigenvalue weighted by atomic mass is 9.69. The Labute approximate surface area is 222 Å². The lowest BCUT2D eigenvalue weighted by molar-refractivity contribution is -0.125. The summed E-state index contributed by atoms with van der Waals surface area (Å²) in [5.41, 5.74) is 3.91. The molecule has 1 heterocycles. The van der Waals surface area contributed by atoms with Crippen molar-refractivity contribution < 1.29 is 19.6 Å². The van der Waals surface area contributed by atoms with Gasteiger partial charge >= 0.3 is 7.12 Å². The molecular formula is C30H32BN3O4. The molecule has 3 aromatic carbocycles. The van der Waals surface area contributed by atoms with E-state index in [-0.39, 0.29) is 18.1 Å². The van der Waals surface area contributed by atoms with Crippen molar-refractivity contribution in [1.29, 1.82) is 0 Å². The summed E-state index contributed by atoms with van der Waals surface area (Å²) >= 11 is 0. The number of Topliss-reactive ketones (excluding diaryl/α,β-unsaturated/α-hetero) is 1. The van der Waals surface area contributed by atoms with E-state index in [4.69, 9.17) is 0 Å². The fraction of sp³-hybridized carbons (Fsp3) is 0.300. The molecule has 8 heteroatoms. The molecule has 7 nitrogen and oxygen atoms in total. The summed E-state index contributed by atoms with van der Waals surface area (Å²) in [6, 6.07) is 24.7. The molecule has 4 N–H and O–H groups in total. The number of ketones is 1. The number of aromatic amines is 1. The van der Waals surface area contributed by atoms with Crippen LogP contribution in [0.2, 0.25) is 0 Å². The highest BCUT2D eigenvalue weighted by atomic mass is 16.4. The van der Waals surface area contributed by atoms with Gasteiger partial charge in [0.25, 0.3) is 0 Å². The number of H-pyrrole nitrogens is 1. The molecule has 0 bridgehead atoms. The molecule has 194 valence electrons. The highest BCUT2D eigenvalue weighted by Gasteiger charge is 2.33. The fourth-order valence-electron chi connectivity index (χ4n) is 5.06. The van der Waals surface area contributed by atoms with Crippen LogP contribution < -0.4 is 5.32 Å². The van der Waals surface area contributed by atoms with E-state index in [2.05, 4.69) is 15.3 Å². The van der Waals surface area contributed by atoms with Crippen molar-refractivity contribution in [2.75, 3.05) is 0 Å². The molecule has 1 amide bonds. The highest BCUT2D eigenvalue weighted by molar-refractivity contribution is 6.43. The molecular weight excluding hydrogens is 477 g/mol. The number of hydrogen-bond donors (Lipinski definition) is 4. The Kier molecular flexibility index (Phi) is 8.01.